The number of sulfonamides is 1. The Hall–Kier alpha value is -2.22. The lowest BCUT2D eigenvalue weighted by atomic mass is 9.78. The van der Waals surface area contributed by atoms with Crippen LogP contribution in [0.25, 0.3) is 0 Å². The Morgan fingerprint density at radius 3 is 2.39 bits per heavy atom. The van der Waals surface area contributed by atoms with E-state index >= 15 is 0 Å². The third-order valence-electron chi connectivity index (χ3n) is 6.37. The van der Waals surface area contributed by atoms with Gasteiger partial charge in [-0.05, 0) is 61.3 Å². The molecule has 7 heteroatoms. The van der Waals surface area contributed by atoms with Gasteiger partial charge < -0.3 is 10.1 Å². The highest BCUT2D eigenvalue weighted by Gasteiger charge is 2.27. The van der Waals surface area contributed by atoms with Crippen LogP contribution < -0.4 is 5.32 Å². The predicted octanol–water partition coefficient (Wildman–Crippen LogP) is 3.41. The molecule has 0 radical (unpaired) electrons. The molecule has 6 nitrogen and oxygen atoms in total. The summed E-state index contributed by atoms with van der Waals surface area (Å²) in [5.74, 6) is 0.851. The van der Waals surface area contributed by atoms with Gasteiger partial charge in [-0.15, -0.1) is 0 Å². The van der Waals surface area contributed by atoms with Crippen molar-refractivity contribution in [1.82, 2.24) is 9.62 Å². The summed E-state index contributed by atoms with van der Waals surface area (Å²) in [6, 6.07) is 17.0. The summed E-state index contributed by atoms with van der Waals surface area (Å²) in [6.07, 6.45) is 4.45. The third-order valence-corrected chi connectivity index (χ3v) is 8.27. The van der Waals surface area contributed by atoms with Crippen LogP contribution in [0, 0.1) is 5.92 Å². The highest BCUT2D eigenvalue weighted by molar-refractivity contribution is 7.89. The monoisotopic (exact) mass is 442 g/mol. The van der Waals surface area contributed by atoms with Crippen LogP contribution in [-0.2, 0) is 14.8 Å². The van der Waals surface area contributed by atoms with Crippen molar-refractivity contribution in [2.24, 2.45) is 5.92 Å². The first-order valence-electron chi connectivity index (χ1n) is 11.0. The van der Waals surface area contributed by atoms with E-state index in [2.05, 4.69) is 29.6 Å². The maximum atomic E-state index is 12.9. The van der Waals surface area contributed by atoms with Crippen molar-refractivity contribution in [2.75, 3.05) is 32.8 Å². The molecule has 1 amide bonds. The molecule has 2 aromatic rings. The smallest absolute Gasteiger partial charge is 0.251 e. The molecule has 1 heterocycles. The number of ether oxygens (including phenoxy) is 1. The van der Waals surface area contributed by atoms with Crippen LogP contribution in [0.5, 0.6) is 0 Å². The van der Waals surface area contributed by atoms with Crippen LogP contribution in [0.4, 0.5) is 0 Å². The number of nitrogens with zero attached hydrogens (tertiary/aromatic N) is 1. The molecule has 0 aromatic heterocycles. The first kappa shape index (κ1) is 22.0. The molecule has 2 fully saturated rings. The van der Waals surface area contributed by atoms with Gasteiger partial charge in [0.2, 0.25) is 10.0 Å². The number of nitrogens with one attached hydrogen (secondary N) is 1. The van der Waals surface area contributed by atoms with E-state index in [1.165, 1.54) is 15.9 Å². The Morgan fingerprint density at radius 1 is 0.968 bits per heavy atom. The molecular weight excluding hydrogens is 412 g/mol. The molecule has 0 atom stereocenters. The maximum absolute atomic E-state index is 12.9. The van der Waals surface area contributed by atoms with Crippen LogP contribution in [0.3, 0.4) is 0 Å². The number of rotatable bonds is 6. The van der Waals surface area contributed by atoms with Crippen molar-refractivity contribution in [2.45, 2.75) is 36.5 Å². The topological polar surface area (TPSA) is 75.7 Å². The van der Waals surface area contributed by atoms with Crippen molar-refractivity contribution < 1.29 is 17.9 Å². The number of benzene rings is 2. The van der Waals surface area contributed by atoms with E-state index in [1.807, 2.05) is 6.07 Å². The fourth-order valence-electron chi connectivity index (χ4n) is 4.50. The van der Waals surface area contributed by atoms with Gasteiger partial charge in [0.25, 0.3) is 5.91 Å². The molecule has 0 bridgehead atoms. The Kier molecular flexibility index (Phi) is 7.05. The Bertz CT molecular complexity index is 980. The second kappa shape index (κ2) is 9.94. The van der Waals surface area contributed by atoms with Crippen molar-refractivity contribution in [3.05, 3.63) is 65.7 Å². The van der Waals surface area contributed by atoms with Crippen molar-refractivity contribution in [3.63, 3.8) is 0 Å². The molecule has 1 saturated carbocycles. The molecule has 1 N–H and O–H groups in total. The molecule has 1 aliphatic carbocycles. The summed E-state index contributed by atoms with van der Waals surface area (Å²) in [6.45, 7) is 2.09. The second-order valence-electron chi connectivity index (χ2n) is 8.38. The van der Waals surface area contributed by atoms with Gasteiger partial charge in [0, 0.05) is 25.2 Å². The van der Waals surface area contributed by atoms with E-state index in [4.69, 9.17) is 4.74 Å². The second-order valence-corrected chi connectivity index (χ2v) is 10.3. The summed E-state index contributed by atoms with van der Waals surface area (Å²) in [7, 11) is -3.61. The van der Waals surface area contributed by atoms with Crippen LogP contribution in [0.2, 0.25) is 0 Å². The molecule has 1 aliphatic heterocycles. The molecular formula is C24H30N2O4S. The molecule has 2 aromatic carbocycles. The normalized spacial score (nSPS) is 22.7. The highest BCUT2D eigenvalue weighted by atomic mass is 32.2. The zero-order chi connectivity index (χ0) is 21.7. The van der Waals surface area contributed by atoms with Crippen LogP contribution in [0.1, 0.15) is 47.5 Å². The third kappa shape index (κ3) is 5.34. The van der Waals surface area contributed by atoms with E-state index in [1.54, 1.807) is 18.2 Å². The zero-order valence-corrected chi connectivity index (χ0v) is 18.5. The van der Waals surface area contributed by atoms with Crippen molar-refractivity contribution in [3.8, 4) is 0 Å². The number of carbonyl (C=O) groups excluding carboxylic acids is 1. The van der Waals surface area contributed by atoms with Crippen LogP contribution >= 0.6 is 0 Å². The summed E-state index contributed by atoms with van der Waals surface area (Å²) in [4.78, 5) is 12.8. The molecule has 4 rings (SSSR count). The highest BCUT2D eigenvalue weighted by Crippen LogP contribution is 2.35. The minimum absolute atomic E-state index is 0.158. The van der Waals surface area contributed by atoms with Gasteiger partial charge >= 0.3 is 0 Å². The van der Waals surface area contributed by atoms with E-state index in [9.17, 15) is 13.2 Å². The van der Waals surface area contributed by atoms with Gasteiger partial charge in [0.05, 0.1) is 18.1 Å². The number of hydrogen-bond donors (Lipinski definition) is 1. The minimum atomic E-state index is -3.61. The SMILES string of the molecule is O=C(NCC1CCC(c2ccccc2)CC1)c1cccc(S(=O)(=O)N2CCOCC2)c1. The van der Waals surface area contributed by atoms with E-state index in [-0.39, 0.29) is 10.8 Å². The van der Waals surface area contributed by atoms with Gasteiger partial charge in [-0.25, -0.2) is 8.42 Å². The summed E-state index contributed by atoms with van der Waals surface area (Å²) < 4.78 is 32.4. The van der Waals surface area contributed by atoms with Gasteiger partial charge in [0.1, 0.15) is 0 Å². The van der Waals surface area contributed by atoms with Gasteiger partial charge in [0.15, 0.2) is 0 Å². The van der Waals surface area contributed by atoms with Crippen LogP contribution in [0.15, 0.2) is 59.5 Å². The number of hydrogen-bond acceptors (Lipinski definition) is 4. The first-order valence-corrected chi connectivity index (χ1v) is 12.5. The lowest BCUT2D eigenvalue weighted by molar-refractivity contribution is 0.0730. The molecule has 1 saturated heterocycles. The Morgan fingerprint density at radius 2 is 1.68 bits per heavy atom. The van der Waals surface area contributed by atoms with Gasteiger partial charge in [-0.1, -0.05) is 36.4 Å². The summed E-state index contributed by atoms with van der Waals surface area (Å²) in [5, 5.41) is 3.01. The van der Waals surface area contributed by atoms with Crippen LogP contribution in [-0.4, -0.2) is 51.5 Å². The number of amides is 1. The minimum Gasteiger partial charge on any atom is -0.379 e. The fraction of sp³-hybridized carbons (Fsp3) is 0.458. The average Bonchev–Trinajstić information content (AvgIpc) is 2.84. The maximum Gasteiger partial charge on any atom is 0.251 e. The molecule has 0 spiro atoms. The number of morpholine rings is 1. The van der Waals surface area contributed by atoms with Gasteiger partial charge in [-0.3, -0.25) is 4.79 Å². The standard InChI is InChI=1S/C24H30N2O4S/c27-24(25-18-19-9-11-21(12-10-19)20-5-2-1-3-6-20)22-7-4-8-23(17-22)31(28,29)26-13-15-30-16-14-26/h1-8,17,19,21H,9-16,18H2,(H,25,27). The van der Waals surface area contributed by atoms with E-state index < -0.39 is 10.0 Å². The fourth-order valence-corrected chi connectivity index (χ4v) is 5.95. The first-order chi connectivity index (χ1) is 15.0. The zero-order valence-electron chi connectivity index (χ0n) is 17.7. The Labute approximate surface area is 184 Å². The van der Waals surface area contributed by atoms with E-state index in [0.29, 0.717) is 50.2 Å². The summed E-state index contributed by atoms with van der Waals surface area (Å²) >= 11 is 0. The molecule has 31 heavy (non-hydrogen) atoms. The largest absolute Gasteiger partial charge is 0.379 e. The van der Waals surface area contributed by atoms with Crippen molar-refractivity contribution in [1.29, 1.82) is 0 Å². The predicted molar refractivity (Wildman–Crippen MR) is 119 cm³/mol. The van der Waals surface area contributed by atoms with Gasteiger partial charge in [-0.2, -0.15) is 4.31 Å². The quantitative estimate of drug-likeness (QED) is 0.744. The summed E-state index contributed by atoms with van der Waals surface area (Å²) in [5.41, 5.74) is 1.79. The van der Waals surface area contributed by atoms with E-state index in [0.717, 1.165) is 25.7 Å². The lowest BCUT2D eigenvalue weighted by Gasteiger charge is -2.29. The number of carbonyl (C=O) groups is 1. The average molecular weight is 443 g/mol. The molecule has 0 unspecified atom stereocenters. The molecule has 2 aliphatic rings. The molecule has 166 valence electrons. The Balaban J connectivity index is 1.32. The van der Waals surface area contributed by atoms with Crippen molar-refractivity contribution >= 4 is 15.9 Å². The lowest BCUT2D eigenvalue weighted by Crippen LogP contribution is -2.40.